The number of aryl methyl sites for hydroxylation is 1. The van der Waals surface area contributed by atoms with E-state index in [2.05, 4.69) is 96.5 Å². The minimum atomic E-state index is -0.799. The molecule has 0 aliphatic rings. The molecule has 0 N–H and O–H groups in total. The van der Waals surface area contributed by atoms with Gasteiger partial charge in [0.15, 0.2) is 0 Å². The van der Waals surface area contributed by atoms with Crippen LogP contribution in [0.2, 0.25) is 0 Å². The third kappa shape index (κ3) is 3.91. The number of rotatable bonds is 3. The third-order valence-electron chi connectivity index (χ3n) is 5.74. The summed E-state index contributed by atoms with van der Waals surface area (Å²) >= 11 is 0. The smallest absolute Gasteiger partial charge is 0.0780 e. The highest BCUT2D eigenvalue weighted by Crippen LogP contribution is 2.53. The van der Waals surface area contributed by atoms with Gasteiger partial charge in [0.2, 0.25) is 0 Å². The van der Waals surface area contributed by atoms with E-state index in [1.54, 1.807) is 0 Å². The van der Waals surface area contributed by atoms with Crippen molar-refractivity contribution in [3.63, 3.8) is 0 Å². The molecule has 144 valence electrons. The average Bonchev–Trinajstić information content (AvgIpc) is 2.59. The lowest BCUT2D eigenvalue weighted by Crippen LogP contribution is -2.11. The van der Waals surface area contributed by atoms with Gasteiger partial charge >= 0.3 is 0 Å². The lowest BCUT2D eigenvalue weighted by molar-refractivity contribution is 0.590. The van der Waals surface area contributed by atoms with Crippen molar-refractivity contribution >= 4 is 20.8 Å². The maximum Gasteiger partial charge on any atom is 0.0780 e. The molecule has 0 spiro atoms. The summed E-state index contributed by atoms with van der Waals surface area (Å²) in [6.45, 7) is 13.6. The van der Waals surface area contributed by atoms with E-state index in [0.29, 0.717) is 5.25 Å². The maximum atomic E-state index is 4.78. The zero-order valence-electron chi connectivity index (χ0n) is 18.1. The first-order valence-corrected chi connectivity index (χ1v) is 12.2. The van der Waals surface area contributed by atoms with Gasteiger partial charge in [-0.25, -0.2) is 10.0 Å². The summed E-state index contributed by atoms with van der Waals surface area (Å²) in [5.74, 6) is 0. The first kappa shape index (κ1) is 19.9. The van der Waals surface area contributed by atoms with Crippen molar-refractivity contribution in [1.82, 2.24) is 4.98 Å². The maximum absolute atomic E-state index is 4.78. The molecule has 0 aliphatic carbocycles. The Hall–Kier alpha value is -1.80. The normalized spacial score (nSPS) is 13.4. The summed E-state index contributed by atoms with van der Waals surface area (Å²) in [5.41, 5.74) is 5.08. The van der Waals surface area contributed by atoms with Crippen LogP contribution < -0.4 is 0 Å². The molecular formula is C25H33NS. The molecule has 2 heteroatoms. The minimum absolute atomic E-state index is 0.128. The molecule has 3 aromatic rings. The van der Waals surface area contributed by atoms with Crippen molar-refractivity contribution in [1.29, 1.82) is 0 Å². The summed E-state index contributed by atoms with van der Waals surface area (Å²) in [6, 6.07) is 16.0. The molecule has 1 nitrogen and oxygen atoms in total. The Kier molecular flexibility index (Phi) is 5.16. The van der Waals surface area contributed by atoms with Crippen molar-refractivity contribution < 1.29 is 0 Å². The SMILES string of the molecule is Cc1cc(-c2nccc3cc(S(C)(C)C(C)C)ccc23)cc(C(C)(C)C)c1. The molecule has 3 rings (SSSR count). The second-order valence-corrected chi connectivity index (χ2v) is 13.6. The van der Waals surface area contributed by atoms with Crippen LogP contribution in [0.5, 0.6) is 0 Å². The average molecular weight is 380 g/mol. The van der Waals surface area contributed by atoms with E-state index in [1.807, 2.05) is 6.20 Å². The van der Waals surface area contributed by atoms with Crippen LogP contribution in [0.3, 0.4) is 0 Å². The van der Waals surface area contributed by atoms with E-state index >= 15 is 0 Å². The molecular weight excluding hydrogens is 346 g/mol. The first-order valence-electron chi connectivity index (χ1n) is 9.73. The van der Waals surface area contributed by atoms with Gasteiger partial charge in [0, 0.05) is 17.1 Å². The summed E-state index contributed by atoms with van der Waals surface area (Å²) in [5, 5.41) is 3.20. The van der Waals surface area contributed by atoms with E-state index in [1.165, 1.54) is 32.4 Å². The van der Waals surface area contributed by atoms with E-state index in [9.17, 15) is 0 Å². The number of fused-ring (bicyclic) bond motifs is 1. The molecule has 0 radical (unpaired) electrons. The molecule has 0 aliphatic heterocycles. The summed E-state index contributed by atoms with van der Waals surface area (Å²) in [6.07, 6.45) is 6.78. The van der Waals surface area contributed by atoms with Crippen LogP contribution in [0.1, 0.15) is 45.7 Å². The highest BCUT2D eigenvalue weighted by Gasteiger charge is 2.20. The molecule has 0 saturated carbocycles. The zero-order valence-corrected chi connectivity index (χ0v) is 18.9. The molecule has 0 fully saturated rings. The molecule has 0 amide bonds. The number of hydrogen-bond donors (Lipinski definition) is 0. The van der Waals surface area contributed by atoms with Crippen LogP contribution in [-0.2, 0) is 5.41 Å². The molecule has 1 heterocycles. The molecule has 1 aromatic heterocycles. The van der Waals surface area contributed by atoms with E-state index < -0.39 is 10.0 Å². The Balaban J connectivity index is 2.19. The largest absolute Gasteiger partial charge is 0.256 e. The Bertz CT molecular complexity index is 977. The van der Waals surface area contributed by atoms with Gasteiger partial charge in [-0.1, -0.05) is 52.3 Å². The van der Waals surface area contributed by atoms with Crippen molar-refractivity contribution in [2.75, 3.05) is 12.5 Å². The van der Waals surface area contributed by atoms with Crippen molar-refractivity contribution in [3.05, 3.63) is 59.8 Å². The van der Waals surface area contributed by atoms with Gasteiger partial charge in [-0.2, -0.15) is 0 Å². The molecule has 0 atom stereocenters. The molecule has 0 bridgehead atoms. The number of pyridine rings is 1. The van der Waals surface area contributed by atoms with Crippen LogP contribution in [0.15, 0.2) is 53.6 Å². The van der Waals surface area contributed by atoms with Gasteiger partial charge in [-0.05, 0) is 76.3 Å². The van der Waals surface area contributed by atoms with Crippen LogP contribution in [0, 0.1) is 6.92 Å². The Morgan fingerprint density at radius 3 is 2.26 bits per heavy atom. The summed E-state index contributed by atoms with van der Waals surface area (Å²) < 4.78 is 0. The van der Waals surface area contributed by atoms with Gasteiger partial charge in [0.1, 0.15) is 0 Å². The number of nitrogens with zero attached hydrogens (tertiary/aromatic N) is 1. The minimum Gasteiger partial charge on any atom is -0.256 e. The second kappa shape index (κ2) is 6.98. The predicted octanol–water partition coefficient (Wildman–Crippen LogP) is 7.34. The quantitative estimate of drug-likeness (QED) is 0.464. The predicted molar refractivity (Wildman–Crippen MR) is 123 cm³/mol. The van der Waals surface area contributed by atoms with Crippen LogP contribution >= 0.6 is 10.0 Å². The van der Waals surface area contributed by atoms with E-state index in [-0.39, 0.29) is 5.41 Å². The van der Waals surface area contributed by atoms with Gasteiger partial charge in [-0.15, -0.1) is 0 Å². The number of benzene rings is 2. The summed E-state index contributed by atoms with van der Waals surface area (Å²) in [7, 11) is -0.799. The van der Waals surface area contributed by atoms with E-state index in [4.69, 9.17) is 4.98 Å². The first-order chi connectivity index (χ1) is 12.5. The zero-order chi connectivity index (χ0) is 20.0. The lowest BCUT2D eigenvalue weighted by atomic mass is 9.84. The molecule has 27 heavy (non-hydrogen) atoms. The highest BCUT2D eigenvalue weighted by molar-refractivity contribution is 8.33. The Morgan fingerprint density at radius 1 is 0.926 bits per heavy atom. The Labute approximate surface area is 166 Å². The standard InChI is InChI=1S/C25H33NS/c1-17(2)27(7,8)22-9-10-23-19(16-22)11-12-26-24(23)20-13-18(3)14-21(15-20)25(4,5)6/h9-17H,1-8H3. The lowest BCUT2D eigenvalue weighted by Gasteiger charge is -2.36. The van der Waals surface area contributed by atoms with Crippen LogP contribution in [0.4, 0.5) is 0 Å². The van der Waals surface area contributed by atoms with Crippen molar-refractivity contribution in [2.45, 2.75) is 57.1 Å². The molecule has 0 unspecified atom stereocenters. The number of hydrogen-bond acceptors (Lipinski definition) is 1. The van der Waals surface area contributed by atoms with Gasteiger partial charge in [0.25, 0.3) is 0 Å². The van der Waals surface area contributed by atoms with E-state index in [0.717, 1.165) is 5.69 Å². The molecule has 0 saturated heterocycles. The topological polar surface area (TPSA) is 12.9 Å². The van der Waals surface area contributed by atoms with Gasteiger partial charge < -0.3 is 0 Å². The Morgan fingerprint density at radius 2 is 1.63 bits per heavy atom. The van der Waals surface area contributed by atoms with Gasteiger partial charge in [0.05, 0.1) is 5.69 Å². The molecule has 2 aromatic carbocycles. The van der Waals surface area contributed by atoms with Gasteiger partial charge in [-0.3, -0.25) is 4.98 Å². The highest BCUT2D eigenvalue weighted by atomic mass is 32.3. The monoisotopic (exact) mass is 379 g/mol. The van der Waals surface area contributed by atoms with Crippen LogP contribution in [0.25, 0.3) is 22.0 Å². The van der Waals surface area contributed by atoms with Crippen molar-refractivity contribution in [2.24, 2.45) is 0 Å². The fraction of sp³-hybridized carbons (Fsp3) is 0.400. The van der Waals surface area contributed by atoms with Crippen LogP contribution in [-0.4, -0.2) is 22.7 Å². The van der Waals surface area contributed by atoms with Crippen molar-refractivity contribution in [3.8, 4) is 11.3 Å². The summed E-state index contributed by atoms with van der Waals surface area (Å²) in [4.78, 5) is 6.25. The number of aromatic nitrogens is 1. The third-order valence-corrected chi connectivity index (χ3v) is 9.56. The fourth-order valence-electron chi connectivity index (χ4n) is 3.34. The second-order valence-electron chi connectivity index (χ2n) is 9.33. The fourth-order valence-corrected chi connectivity index (χ4v) is 4.73.